The van der Waals surface area contributed by atoms with Gasteiger partial charge in [-0.05, 0) is 6.42 Å². The van der Waals surface area contributed by atoms with E-state index in [-0.39, 0.29) is 5.12 Å². The second kappa shape index (κ2) is 4.37. The number of rotatable bonds is 4. The third-order valence-electron chi connectivity index (χ3n) is 2.01. The predicted octanol–water partition coefficient (Wildman–Crippen LogP) is 0.800. The van der Waals surface area contributed by atoms with Crippen molar-refractivity contribution in [2.45, 2.75) is 26.3 Å². The van der Waals surface area contributed by atoms with Crippen molar-refractivity contribution in [3.05, 3.63) is 18.2 Å². The van der Waals surface area contributed by atoms with Gasteiger partial charge in [-0.1, -0.05) is 13.3 Å². The van der Waals surface area contributed by atoms with E-state index < -0.39 is 0 Å². The molecule has 0 spiro atoms. The summed E-state index contributed by atoms with van der Waals surface area (Å²) in [5.41, 5.74) is 0. The smallest absolute Gasteiger partial charge is 0.301 e. The Balaban J connectivity index is 2.87. The lowest BCUT2D eigenvalue weighted by Crippen LogP contribution is -2.34. The average Bonchev–Trinajstić information content (AvgIpc) is 2.43. The number of hydrogen-bond acceptors (Lipinski definition) is 2. The second-order valence-electron chi connectivity index (χ2n) is 3.07. The lowest BCUT2D eigenvalue weighted by Gasteiger charge is -2.03. The molecule has 0 radical (unpaired) electrons. The molecule has 0 aliphatic rings. The van der Waals surface area contributed by atoms with Crippen LogP contribution in [-0.4, -0.2) is 9.68 Å². The summed E-state index contributed by atoms with van der Waals surface area (Å²) in [6, 6.07) is 0. The van der Waals surface area contributed by atoms with E-state index in [4.69, 9.17) is 0 Å². The summed E-state index contributed by atoms with van der Waals surface area (Å²) >= 11 is 4.64. The second-order valence-corrected chi connectivity index (χ2v) is 3.44. The molecule has 72 valence electrons. The molecule has 3 nitrogen and oxygen atoms in total. The van der Waals surface area contributed by atoms with Gasteiger partial charge in [-0.25, -0.2) is 9.13 Å². The van der Waals surface area contributed by atoms with Crippen LogP contribution in [0.1, 0.15) is 30.4 Å². The summed E-state index contributed by atoms with van der Waals surface area (Å²) < 4.78 is 3.68. The number of imidazole rings is 1. The fraction of sp³-hybridized carbons (Fsp3) is 0.556. The standard InChI is InChI=1S/C9H14N2OS/c1-3-4-5-11-7-6-10(2)8(11)9(12)13/h6-7H,3-5H2,1-2H3. The average molecular weight is 198 g/mol. The van der Waals surface area contributed by atoms with Crippen LogP contribution in [-0.2, 0) is 26.2 Å². The van der Waals surface area contributed by atoms with E-state index in [1.807, 2.05) is 24.0 Å². The van der Waals surface area contributed by atoms with Gasteiger partial charge in [0.05, 0.1) is 13.6 Å². The van der Waals surface area contributed by atoms with Crippen molar-refractivity contribution < 1.29 is 9.36 Å². The number of aryl methyl sites for hydroxylation is 2. The molecule has 0 saturated heterocycles. The first-order chi connectivity index (χ1) is 6.16. The summed E-state index contributed by atoms with van der Waals surface area (Å²) in [4.78, 5) is 11.1. The van der Waals surface area contributed by atoms with Gasteiger partial charge in [-0.3, -0.25) is 0 Å². The van der Waals surface area contributed by atoms with Crippen molar-refractivity contribution in [3.63, 3.8) is 0 Å². The summed E-state index contributed by atoms with van der Waals surface area (Å²) in [7, 11) is 1.84. The minimum atomic E-state index is -0.288. The molecule has 0 aliphatic carbocycles. The Labute approximate surface area is 83.8 Å². The maximum Gasteiger partial charge on any atom is 0.301 e. The van der Waals surface area contributed by atoms with E-state index in [2.05, 4.69) is 19.6 Å². The van der Waals surface area contributed by atoms with Crippen molar-refractivity contribution in [1.29, 1.82) is 0 Å². The van der Waals surface area contributed by atoms with E-state index in [0.29, 0.717) is 5.82 Å². The minimum absolute atomic E-state index is 0.288. The van der Waals surface area contributed by atoms with Gasteiger partial charge in [-0.15, -0.1) is 0 Å². The lowest BCUT2D eigenvalue weighted by atomic mass is 10.3. The highest BCUT2D eigenvalue weighted by Crippen LogP contribution is 1.99. The first-order valence-electron chi connectivity index (χ1n) is 4.43. The first kappa shape index (κ1) is 10.2. The van der Waals surface area contributed by atoms with Gasteiger partial charge in [0.2, 0.25) is 0 Å². The quantitative estimate of drug-likeness (QED) is 0.528. The van der Waals surface area contributed by atoms with E-state index in [1.165, 1.54) is 0 Å². The normalized spacial score (nSPS) is 10.3. The molecule has 4 heteroatoms. The highest BCUT2D eigenvalue weighted by Gasteiger charge is 2.13. The number of nitrogens with zero attached hydrogens (tertiary/aromatic N) is 2. The molecule has 0 N–H and O–H groups in total. The maximum atomic E-state index is 11.1. The van der Waals surface area contributed by atoms with E-state index >= 15 is 0 Å². The van der Waals surface area contributed by atoms with Crippen LogP contribution in [0.25, 0.3) is 0 Å². The van der Waals surface area contributed by atoms with Crippen molar-refractivity contribution >= 4 is 17.7 Å². The van der Waals surface area contributed by atoms with Gasteiger partial charge in [0.15, 0.2) is 0 Å². The SMILES string of the molecule is CCCCn1cc[n+](C)c1C(=O)[S-]. The van der Waals surface area contributed by atoms with Gasteiger partial charge in [0.25, 0.3) is 0 Å². The molecule has 0 amide bonds. The molecule has 0 unspecified atom stereocenters. The highest BCUT2D eigenvalue weighted by molar-refractivity contribution is 7.77. The number of unbranched alkanes of at least 4 members (excludes halogenated alkanes) is 1. The molecule has 0 aliphatic heterocycles. The highest BCUT2D eigenvalue weighted by atomic mass is 32.1. The van der Waals surface area contributed by atoms with Gasteiger partial charge < -0.3 is 17.4 Å². The van der Waals surface area contributed by atoms with Crippen LogP contribution in [0.15, 0.2) is 12.4 Å². The molecule has 13 heavy (non-hydrogen) atoms. The summed E-state index contributed by atoms with van der Waals surface area (Å²) in [5, 5.41) is -0.288. The van der Waals surface area contributed by atoms with Gasteiger partial charge in [-0.2, -0.15) is 0 Å². The van der Waals surface area contributed by atoms with Crippen molar-refractivity contribution in [2.24, 2.45) is 7.05 Å². The van der Waals surface area contributed by atoms with E-state index in [9.17, 15) is 4.79 Å². The number of carbonyl (C=O) groups excluding carboxylic acids is 1. The van der Waals surface area contributed by atoms with Gasteiger partial charge >= 0.3 is 5.82 Å². The van der Waals surface area contributed by atoms with Crippen LogP contribution in [0.2, 0.25) is 0 Å². The summed E-state index contributed by atoms with van der Waals surface area (Å²) in [5.74, 6) is 0.600. The summed E-state index contributed by atoms with van der Waals surface area (Å²) in [6.45, 7) is 2.99. The topological polar surface area (TPSA) is 25.9 Å². The Morgan fingerprint density at radius 1 is 1.69 bits per heavy atom. The third kappa shape index (κ3) is 2.28. The first-order valence-corrected chi connectivity index (χ1v) is 4.83. The predicted molar refractivity (Wildman–Crippen MR) is 52.2 cm³/mol. The van der Waals surface area contributed by atoms with Crippen LogP contribution in [0, 0.1) is 0 Å². The van der Waals surface area contributed by atoms with Crippen LogP contribution in [0.3, 0.4) is 0 Å². The molecular weight excluding hydrogens is 184 g/mol. The van der Waals surface area contributed by atoms with Crippen LogP contribution >= 0.6 is 0 Å². The number of hydrogen-bond donors (Lipinski definition) is 0. The van der Waals surface area contributed by atoms with E-state index in [0.717, 1.165) is 19.4 Å². The van der Waals surface area contributed by atoms with Crippen molar-refractivity contribution in [2.75, 3.05) is 0 Å². The summed E-state index contributed by atoms with van der Waals surface area (Å²) in [6.07, 6.45) is 5.95. The number of carbonyl (C=O) groups is 1. The van der Waals surface area contributed by atoms with Gasteiger partial charge in [0, 0.05) is 0 Å². The minimum Gasteiger partial charge on any atom is -0.729 e. The molecule has 0 fully saturated rings. The molecule has 1 rings (SSSR count). The van der Waals surface area contributed by atoms with Crippen LogP contribution < -0.4 is 4.57 Å². The molecule has 0 atom stereocenters. The van der Waals surface area contributed by atoms with Crippen LogP contribution in [0.4, 0.5) is 0 Å². The van der Waals surface area contributed by atoms with E-state index in [1.54, 1.807) is 4.57 Å². The lowest BCUT2D eigenvalue weighted by molar-refractivity contribution is -0.672. The molecule has 1 aromatic rings. The zero-order chi connectivity index (χ0) is 9.84. The molecular formula is C9H14N2OS. The molecule has 1 heterocycles. The third-order valence-corrected chi connectivity index (χ3v) is 2.19. The van der Waals surface area contributed by atoms with Gasteiger partial charge in [0.1, 0.15) is 17.5 Å². The number of aromatic nitrogens is 2. The Hall–Kier alpha value is -0.900. The fourth-order valence-corrected chi connectivity index (χ4v) is 1.56. The largest absolute Gasteiger partial charge is 0.729 e. The monoisotopic (exact) mass is 198 g/mol. The molecule has 1 aromatic heterocycles. The fourth-order valence-electron chi connectivity index (χ4n) is 1.29. The van der Waals surface area contributed by atoms with Crippen molar-refractivity contribution in [3.8, 4) is 0 Å². The Kier molecular flexibility index (Phi) is 3.42. The maximum absolute atomic E-state index is 11.1. The van der Waals surface area contributed by atoms with Crippen LogP contribution in [0.5, 0.6) is 0 Å². The Morgan fingerprint density at radius 3 is 2.92 bits per heavy atom. The zero-order valence-corrected chi connectivity index (χ0v) is 8.80. The molecule has 0 aromatic carbocycles. The Morgan fingerprint density at radius 2 is 2.38 bits per heavy atom. The zero-order valence-electron chi connectivity index (χ0n) is 7.99. The van der Waals surface area contributed by atoms with Crippen molar-refractivity contribution in [1.82, 2.24) is 4.57 Å². The molecule has 0 saturated carbocycles. The molecule has 0 bridgehead atoms. The Bertz CT molecular complexity index is 307.